The lowest BCUT2D eigenvalue weighted by molar-refractivity contribution is 0.391. The Hall–Kier alpha value is -2.48. The summed E-state index contributed by atoms with van der Waals surface area (Å²) >= 11 is 0. The topological polar surface area (TPSA) is 18.5 Å². The van der Waals surface area contributed by atoms with Crippen molar-refractivity contribution in [2.24, 2.45) is 0 Å². The van der Waals surface area contributed by atoms with Crippen molar-refractivity contribution in [1.29, 1.82) is 0 Å². The molecule has 0 atom stereocenters. The highest BCUT2D eigenvalue weighted by atomic mass is 16.5. The van der Waals surface area contributed by atoms with Gasteiger partial charge in [-0.1, -0.05) is 36.0 Å². The van der Waals surface area contributed by atoms with Crippen LogP contribution in [0.3, 0.4) is 0 Å². The molecule has 0 aromatic heterocycles. The molecule has 0 bridgehead atoms. The number of methoxy groups -OCH3 is 2. The molecular weight excluding hydrogens is 284 g/mol. The highest BCUT2D eigenvalue weighted by molar-refractivity contribution is 5.85. The fourth-order valence-corrected chi connectivity index (χ4v) is 3.36. The summed E-state index contributed by atoms with van der Waals surface area (Å²) in [6.07, 6.45) is 10.9. The van der Waals surface area contributed by atoms with Crippen molar-refractivity contribution < 1.29 is 9.47 Å². The lowest BCUT2D eigenvalue weighted by atomic mass is 9.93. The summed E-state index contributed by atoms with van der Waals surface area (Å²) in [6.45, 7) is 6.47. The molecule has 1 aromatic rings. The molecule has 2 aliphatic carbocycles. The zero-order valence-electron chi connectivity index (χ0n) is 14.4. The molecule has 1 aromatic carbocycles. The third kappa shape index (κ3) is 2.65. The minimum atomic E-state index is 0.808. The Kier molecular flexibility index (Phi) is 3.99. The Bertz CT molecular complexity index is 906. The molecule has 2 heteroatoms. The van der Waals surface area contributed by atoms with Gasteiger partial charge in [-0.25, -0.2) is 0 Å². The first kappa shape index (κ1) is 15.4. The Labute approximate surface area is 137 Å². The highest BCUT2D eigenvalue weighted by Crippen LogP contribution is 2.30. The predicted octanol–water partition coefficient (Wildman–Crippen LogP) is 3.43. The summed E-state index contributed by atoms with van der Waals surface area (Å²) in [4.78, 5) is 0. The average Bonchev–Trinajstić information content (AvgIpc) is 2.77. The van der Waals surface area contributed by atoms with Crippen molar-refractivity contribution in [1.82, 2.24) is 0 Å². The van der Waals surface area contributed by atoms with Crippen LogP contribution in [0.15, 0.2) is 58.7 Å². The van der Waals surface area contributed by atoms with E-state index >= 15 is 0 Å². The van der Waals surface area contributed by atoms with E-state index in [4.69, 9.17) is 9.47 Å². The molecule has 2 aliphatic rings. The first-order chi connectivity index (χ1) is 11.0. The van der Waals surface area contributed by atoms with E-state index in [9.17, 15) is 0 Å². The van der Waals surface area contributed by atoms with Gasteiger partial charge in [-0.2, -0.15) is 0 Å². The Balaban J connectivity index is 2.54. The summed E-state index contributed by atoms with van der Waals surface area (Å²) in [5.74, 6) is 1.64. The summed E-state index contributed by atoms with van der Waals surface area (Å²) in [7, 11) is 3.39. The number of benzene rings is 1. The Morgan fingerprint density at radius 2 is 1.70 bits per heavy atom. The van der Waals surface area contributed by atoms with Crippen LogP contribution in [0.5, 0.6) is 11.5 Å². The monoisotopic (exact) mass is 306 g/mol. The van der Waals surface area contributed by atoms with Crippen molar-refractivity contribution in [3.8, 4) is 11.5 Å². The second kappa shape index (κ2) is 5.96. The van der Waals surface area contributed by atoms with Crippen LogP contribution >= 0.6 is 0 Å². The van der Waals surface area contributed by atoms with Crippen LogP contribution in [-0.2, 0) is 0 Å². The van der Waals surface area contributed by atoms with Crippen LogP contribution in [0.2, 0.25) is 0 Å². The van der Waals surface area contributed by atoms with E-state index in [0.717, 1.165) is 21.9 Å². The van der Waals surface area contributed by atoms with Gasteiger partial charge in [0.15, 0.2) is 0 Å². The summed E-state index contributed by atoms with van der Waals surface area (Å²) in [5.41, 5.74) is 6.28. The quantitative estimate of drug-likeness (QED) is 0.833. The van der Waals surface area contributed by atoms with Gasteiger partial charge in [0.2, 0.25) is 0 Å². The van der Waals surface area contributed by atoms with E-state index in [-0.39, 0.29) is 0 Å². The van der Waals surface area contributed by atoms with E-state index in [1.54, 1.807) is 14.2 Å². The molecule has 3 rings (SSSR count). The fourth-order valence-electron chi connectivity index (χ4n) is 3.36. The summed E-state index contributed by atoms with van der Waals surface area (Å²) in [6, 6.07) is 4.03. The van der Waals surface area contributed by atoms with Crippen molar-refractivity contribution in [2.75, 3.05) is 14.2 Å². The van der Waals surface area contributed by atoms with Gasteiger partial charge in [-0.3, -0.25) is 0 Å². The zero-order valence-corrected chi connectivity index (χ0v) is 14.4. The summed E-state index contributed by atoms with van der Waals surface area (Å²) < 4.78 is 11.1. The average molecular weight is 306 g/mol. The van der Waals surface area contributed by atoms with Crippen LogP contribution in [0.4, 0.5) is 0 Å². The molecule has 0 radical (unpaired) electrons. The highest BCUT2D eigenvalue weighted by Gasteiger charge is 2.16. The van der Waals surface area contributed by atoms with Gasteiger partial charge in [0.05, 0.1) is 14.2 Å². The zero-order chi connectivity index (χ0) is 16.6. The number of hydrogen-bond acceptors (Lipinski definition) is 2. The second-order valence-electron chi connectivity index (χ2n) is 6.00. The van der Waals surface area contributed by atoms with E-state index in [2.05, 4.69) is 57.2 Å². The molecular formula is C21H22O2. The van der Waals surface area contributed by atoms with Gasteiger partial charge >= 0.3 is 0 Å². The minimum Gasteiger partial charge on any atom is -0.497 e. The maximum Gasteiger partial charge on any atom is 0.130 e. The predicted molar refractivity (Wildman–Crippen MR) is 96.0 cm³/mol. The molecule has 23 heavy (non-hydrogen) atoms. The second-order valence-corrected chi connectivity index (χ2v) is 6.00. The molecule has 2 nitrogen and oxygen atoms in total. The number of allylic oxidation sites excluding steroid dienone is 8. The molecule has 0 fully saturated rings. The number of fused-ring (bicyclic) bond motifs is 2. The van der Waals surface area contributed by atoms with Crippen LogP contribution in [0, 0.1) is 0 Å². The van der Waals surface area contributed by atoms with Gasteiger partial charge in [0.1, 0.15) is 11.5 Å². The fraction of sp³-hybridized carbons (Fsp3) is 0.238. The first-order valence-electron chi connectivity index (χ1n) is 7.78. The van der Waals surface area contributed by atoms with Crippen molar-refractivity contribution in [2.45, 2.75) is 20.8 Å². The molecule has 0 aliphatic heterocycles. The van der Waals surface area contributed by atoms with E-state index in [1.165, 1.54) is 27.9 Å². The van der Waals surface area contributed by atoms with Gasteiger partial charge < -0.3 is 9.47 Å². The molecule has 0 N–H and O–H groups in total. The standard InChI is InChI=1S/C21H22O2/c1-13-9-14(2)17-7-6-8-18-19(21(17)15(3)10-13)11-16(22-4)12-20(18)23-5/h6-12H,1-5H3. The lowest BCUT2D eigenvalue weighted by Gasteiger charge is -2.12. The molecule has 0 heterocycles. The minimum absolute atomic E-state index is 0.808. The molecule has 0 saturated carbocycles. The first-order valence-corrected chi connectivity index (χ1v) is 7.78. The number of hydrogen-bond donors (Lipinski definition) is 0. The lowest BCUT2D eigenvalue weighted by Crippen LogP contribution is -2.29. The van der Waals surface area contributed by atoms with E-state index in [1.807, 2.05) is 6.07 Å². The Morgan fingerprint density at radius 1 is 0.913 bits per heavy atom. The molecule has 0 amide bonds. The van der Waals surface area contributed by atoms with Crippen molar-refractivity contribution >= 4 is 11.6 Å². The third-order valence-electron chi connectivity index (χ3n) is 4.34. The molecule has 0 spiro atoms. The van der Waals surface area contributed by atoms with Gasteiger partial charge in [0.25, 0.3) is 0 Å². The molecule has 0 saturated heterocycles. The Morgan fingerprint density at radius 3 is 2.39 bits per heavy atom. The third-order valence-corrected chi connectivity index (χ3v) is 4.34. The van der Waals surface area contributed by atoms with Gasteiger partial charge in [-0.15, -0.1) is 0 Å². The van der Waals surface area contributed by atoms with Crippen LogP contribution < -0.4 is 19.9 Å². The molecule has 0 unspecified atom stereocenters. The molecule has 118 valence electrons. The normalized spacial score (nSPS) is 16.5. The van der Waals surface area contributed by atoms with E-state index in [0.29, 0.717) is 0 Å². The van der Waals surface area contributed by atoms with Crippen LogP contribution in [-0.4, -0.2) is 14.2 Å². The maximum atomic E-state index is 5.60. The van der Waals surface area contributed by atoms with Crippen molar-refractivity contribution in [3.05, 3.63) is 69.2 Å². The SMILES string of the molecule is COc1cc(OC)c2c(c1)=C1C(C)=CC(C)=CC(C)=C1C=CC=2. The van der Waals surface area contributed by atoms with Crippen molar-refractivity contribution in [3.63, 3.8) is 0 Å². The summed E-state index contributed by atoms with van der Waals surface area (Å²) in [5, 5.41) is 2.24. The van der Waals surface area contributed by atoms with Crippen LogP contribution in [0.25, 0.3) is 11.6 Å². The maximum absolute atomic E-state index is 5.60. The van der Waals surface area contributed by atoms with Gasteiger partial charge in [-0.05, 0) is 54.3 Å². The number of rotatable bonds is 2. The largest absolute Gasteiger partial charge is 0.497 e. The van der Waals surface area contributed by atoms with Gasteiger partial charge in [0, 0.05) is 11.3 Å². The van der Waals surface area contributed by atoms with Crippen LogP contribution in [0.1, 0.15) is 20.8 Å². The van der Waals surface area contributed by atoms with E-state index < -0.39 is 0 Å². The smallest absolute Gasteiger partial charge is 0.130 e. The number of ether oxygens (including phenoxy) is 2.